The molecule has 0 aromatic heterocycles. The molecule has 12 heteroatoms. The van der Waals surface area contributed by atoms with Crippen molar-refractivity contribution in [3.63, 3.8) is 0 Å². The van der Waals surface area contributed by atoms with Crippen LogP contribution in [0.25, 0.3) is 0 Å². The highest BCUT2D eigenvalue weighted by Gasteiger charge is 2.38. The van der Waals surface area contributed by atoms with Crippen molar-refractivity contribution in [2.24, 2.45) is 5.92 Å². The van der Waals surface area contributed by atoms with Gasteiger partial charge in [0.25, 0.3) is 5.91 Å². The lowest BCUT2D eigenvalue weighted by Gasteiger charge is -2.34. The molecule has 3 rings (SSSR count). The van der Waals surface area contributed by atoms with Crippen LogP contribution in [0.2, 0.25) is 0 Å². The van der Waals surface area contributed by atoms with Crippen molar-refractivity contribution in [3.8, 4) is 0 Å². The molecule has 0 heterocycles. The maximum absolute atomic E-state index is 13.1. The van der Waals surface area contributed by atoms with Gasteiger partial charge in [-0.3, -0.25) is 9.59 Å². The van der Waals surface area contributed by atoms with Crippen LogP contribution in [0, 0.1) is 5.92 Å². The Morgan fingerprint density at radius 3 is 1.95 bits per heavy atom. The van der Waals surface area contributed by atoms with Crippen LogP contribution in [0.1, 0.15) is 72.9 Å². The second-order valence-corrected chi connectivity index (χ2v) is 10.3. The van der Waals surface area contributed by atoms with E-state index in [1.54, 1.807) is 12.0 Å². The van der Waals surface area contributed by atoms with E-state index in [0.29, 0.717) is 44.4 Å². The Balaban J connectivity index is 1.43. The number of nitrogens with zero attached hydrogens (tertiary/aromatic N) is 1. The third kappa shape index (κ3) is 8.33. The molecule has 214 valence electrons. The van der Waals surface area contributed by atoms with Crippen LogP contribution in [-0.4, -0.2) is 62.1 Å². The van der Waals surface area contributed by atoms with Crippen molar-refractivity contribution in [2.45, 2.75) is 81.9 Å². The molecule has 0 saturated heterocycles. The molecule has 0 aliphatic heterocycles. The molecule has 2 amide bonds. The Kier molecular flexibility index (Phi) is 10.1. The van der Waals surface area contributed by atoms with Crippen LogP contribution in [0.4, 0.5) is 26.3 Å². The summed E-state index contributed by atoms with van der Waals surface area (Å²) >= 11 is 0. The summed E-state index contributed by atoms with van der Waals surface area (Å²) in [6.07, 6.45) is -3.58. The van der Waals surface area contributed by atoms with Gasteiger partial charge >= 0.3 is 12.4 Å². The lowest BCUT2D eigenvalue weighted by Crippen LogP contribution is -2.45. The van der Waals surface area contributed by atoms with Gasteiger partial charge in [-0.05, 0) is 82.0 Å². The zero-order chi connectivity index (χ0) is 28.1. The average molecular weight is 552 g/mol. The second kappa shape index (κ2) is 12.7. The average Bonchev–Trinajstić information content (AvgIpc) is 2.88. The van der Waals surface area contributed by atoms with E-state index in [2.05, 4.69) is 10.6 Å². The normalized spacial score (nSPS) is 24.6. The molecule has 1 aromatic carbocycles. The topological polar surface area (TPSA) is 70.7 Å². The molecule has 6 nitrogen and oxygen atoms in total. The minimum atomic E-state index is -5.01. The van der Waals surface area contributed by atoms with Gasteiger partial charge in [0, 0.05) is 31.8 Å². The molecule has 2 aliphatic carbocycles. The van der Waals surface area contributed by atoms with E-state index in [4.69, 9.17) is 4.74 Å². The Morgan fingerprint density at radius 2 is 1.45 bits per heavy atom. The summed E-state index contributed by atoms with van der Waals surface area (Å²) < 4.78 is 83.9. The highest BCUT2D eigenvalue weighted by molar-refractivity contribution is 5.94. The van der Waals surface area contributed by atoms with E-state index in [-0.39, 0.29) is 42.6 Å². The molecular formula is C26H35F6N3O3. The van der Waals surface area contributed by atoms with Crippen LogP contribution in [-0.2, 0) is 21.9 Å². The second-order valence-electron chi connectivity index (χ2n) is 10.3. The molecule has 1 aromatic rings. The molecular weight excluding hydrogens is 516 g/mol. The zero-order valence-electron chi connectivity index (χ0n) is 21.6. The number of hydrogen-bond donors (Lipinski definition) is 2. The Labute approximate surface area is 218 Å². The molecule has 0 atom stereocenters. The first-order valence-electron chi connectivity index (χ1n) is 12.9. The van der Waals surface area contributed by atoms with Crippen LogP contribution >= 0.6 is 0 Å². The van der Waals surface area contributed by atoms with E-state index in [9.17, 15) is 35.9 Å². The third-order valence-corrected chi connectivity index (χ3v) is 7.66. The van der Waals surface area contributed by atoms with Crippen LogP contribution in [0.5, 0.6) is 0 Å². The fourth-order valence-corrected chi connectivity index (χ4v) is 5.25. The largest absolute Gasteiger partial charge is 0.416 e. The first-order chi connectivity index (χ1) is 17.8. The molecule has 38 heavy (non-hydrogen) atoms. The summed E-state index contributed by atoms with van der Waals surface area (Å²) in [5.74, 6) is -0.689. The standard InChI is InChI=1S/C26H35F6N3O3/c1-35(21-7-9-22(38-2)10-8-21)23(36)15-33-14-16-3-5-20(6-4-16)34-24(37)17-11-18(25(27,28)29)13-19(12-17)26(30,31)32/h11-13,16,20-22,33H,3-10,14-15H2,1-2H3,(H,34,37)/t16-,20-,21?,22?. The van der Waals surface area contributed by atoms with Crippen molar-refractivity contribution in [3.05, 3.63) is 34.9 Å². The van der Waals surface area contributed by atoms with Crippen molar-refractivity contribution < 1.29 is 40.7 Å². The summed E-state index contributed by atoms with van der Waals surface area (Å²) in [7, 11) is 3.52. The molecule has 0 radical (unpaired) electrons. The number of ether oxygens (including phenoxy) is 1. The number of benzene rings is 1. The summed E-state index contributed by atoms with van der Waals surface area (Å²) in [5.41, 5.74) is -3.71. The van der Waals surface area contributed by atoms with E-state index in [1.165, 1.54) is 0 Å². The third-order valence-electron chi connectivity index (χ3n) is 7.66. The van der Waals surface area contributed by atoms with E-state index in [0.717, 1.165) is 25.7 Å². The number of methoxy groups -OCH3 is 1. The van der Waals surface area contributed by atoms with Gasteiger partial charge in [0.2, 0.25) is 5.91 Å². The number of carbonyl (C=O) groups is 2. The zero-order valence-corrected chi connectivity index (χ0v) is 21.6. The van der Waals surface area contributed by atoms with E-state index >= 15 is 0 Å². The molecule has 2 fully saturated rings. The number of alkyl halides is 6. The number of hydrogen-bond acceptors (Lipinski definition) is 4. The van der Waals surface area contributed by atoms with Gasteiger partial charge < -0.3 is 20.3 Å². The van der Waals surface area contributed by atoms with Gasteiger partial charge in [-0.15, -0.1) is 0 Å². The number of amides is 2. The van der Waals surface area contributed by atoms with Crippen LogP contribution in [0.15, 0.2) is 18.2 Å². The van der Waals surface area contributed by atoms with Crippen molar-refractivity contribution in [1.82, 2.24) is 15.5 Å². The first-order valence-corrected chi connectivity index (χ1v) is 12.9. The fourth-order valence-electron chi connectivity index (χ4n) is 5.25. The summed E-state index contributed by atoms with van der Waals surface area (Å²) in [5, 5.41) is 5.78. The molecule has 0 spiro atoms. The van der Waals surface area contributed by atoms with Crippen molar-refractivity contribution in [2.75, 3.05) is 27.2 Å². The van der Waals surface area contributed by atoms with Gasteiger partial charge in [-0.2, -0.15) is 26.3 Å². The van der Waals surface area contributed by atoms with Gasteiger partial charge in [-0.1, -0.05) is 0 Å². The predicted octanol–water partition coefficient (Wildman–Crippen LogP) is 5.02. The Hall–Kier alpha value is -2.34. The monoisotopic (exact) mass is 551 g/mol. The Morgan fingerprint density at radius 1 is 0.895 bits per heavy atom. The molecule has 2 saturated carbocycles. The first kappa shape index (κ1) is 30.2. The van der Waals surface area contributed by atoms with E-state index in [1.807, 2.05) is 7.05 Å². The molecule has 2 aliphatic rings. The smallest absolute Gasteiger partial charge is 0.381 e. The lowest BCUT2D eigenvalue weighted by atomic mass is 9.86. The maximum atomic E-state index is 13.1. The van der Waals surface area contributed by atoms with Crippen molar-refractivity contribution >= 4 is 11.8 Å². The van der Waals surface area contributed by atoms with Gasteiger partial charge in [0.15, 0.2) is 0 Å². The van der Waals surface area contributed by atoms with Gasteiger partial charge in [0.05, 0.1) is 23.8 Å². The van der Waals surface area contributed by atoms with Gasteiger partial charge in [-0.25, -0.2) is 0 Å². The molecule has 0 bridgehead atoms. The van der Waals surface area contributed by atoms with E-state index < -0.39 is 35.0 Å². The van der Waals surface area contributed by atoms with Crippen LogP contribution < -0.4 is 10.6 Å². The number of carbonyl (C=O) groups excluding carboxylic acids is 2. The summed E-state index contributed by atoms with van der Waals surface area (Å²) in [4.78, 5) is 26.9. The SMILES string of the molecule is COC1CCC(N(C)C(=O)CNC[C@H]2CC[C@H](NC(=O)c3cc(C(F)(F)F)cc(C(F)(F)F)c3)CC2)CC1. The fraction of sp³-hybridized carbons (Fsp3) is 0.692. The summed E-state index contributed by atoms with van der Waals surface area (Å²) in [6, 6.07) is 0.745. The van der Waals surface area contributed by atoms with Gasteiger partial charge in [0.1, 0.15) is 0 Å². The predicted molar refractivity (Wildman–Crippen MR) is 128 cm³/mol. The molecule has 0 unspecified atom stereocenters. The van der Waals surface area contributed by atoms with Crippen molar-refractivity contribution in [1.29, 1.82) is 0 Å². The number of halogens is 6. The number of rotatable bonds is 8. The minimum absolute atomic E-state index is 0.00331. The highest BCUT2D eigenvalue weighted by atomic mass is 19.4. The van der Waals surface area contributed by atoms with Crippen LogP contribution in [0.3, 0.4) is 0 Å². The minimum Gasteiger partial charge on any atom is -0.381 e. The molecule has 2 N–H and O–H groups in total. The summed E-state index contributed by atoms with van der Waals surface area (Å²) in [6.45, 7) is 0.827. The quantitative estimate of drug-likeness (QED) is 0.446. The number of nitrogens with one attached hydrogen (secondary N) is 2. The lowest BCUT2D eigenvalue weighted by molar-refractivity contribution is -0.143. The Bertz CT molecular complexity index is 920. The maximum Gasteiger partial charge on any atom is 0.416 e. The highest BCUT2D eigenvalue weighted by Crippen LogP contribution is 2.36. The number of likely N-dealkylation sites (N-methyl/N-ethyl adjacent to an activating group) is 1.